The van der Waals surface area contributed by atoms with Crippen LogP contribution in [0.15, 0.2) is 51.7 Å². The monoisotopic (exact) mass is 388 g/mol. The van der Waals surface area contributed by atoms with E-state index in [1.165, 1.54) is 18.2 Å². The number of carboxylic acids is 1. The number of fused-ring (bicyclic) bond motifs is 2. The lowest BCUT2D eigenvalue weighted by molar-refractivity contribution is -0.271. The van der Waals surface area contributed by atoms with Crippen LogP contribution >= 0.6 is 0 Å². The molecule has 0 radical (unpaired) electrons. The number of aliphatic hydroxyl groups excluding tert-OH is 3. The number of benzene rings is 2. The van der Waals surface area contributed by atoms with Crippen molar-refractivity contribution in [3.63, 3.8) is 0 Å². The fourth-order valence-corrected chi connectivity index (χ4v) is 3.14. The van der Waals surface area contributed by atoms with Crippen molar-refractivity contribution in [2.24, 2.45) is 0 Å². The van der Waals surface area contributed by atoms with Gasteiger partial charge in [0.1, 0.15) is 35.2 Å². The molecule has 5 atom stereocenters. The van der Waals surface area contributed by atoms with Crippen LogP contribution in [-0.4, -0.2) is 57.1 Å². The van der Waals surface area contributed by atoms with Crippen molar-refractivity contribution in [2.45, 2.75) is 30.7 Å². The van der Waals surface area contributed by atoms with Crippen molar-refractivity contribution in [1.29, 1.82) is 0 Å². The molecular weight excluding hydrogens is 372 g/mol. The number of hydrogen-bond acceptors (Lipinski definition) is 8. The Morgan fingerprint density at radius 1 is 0.929 bits per heavy atom. The van der Waals surface area contributed by atoms with Crippen LogP contribution in [0.3, 0.4) is 0 Å². The van der Waals surface area contributed by atoms with Crippen LogP contribution in [0.5, 0.6) is 5.75 Å². The first-order chi connectivity index (χ1) is 13.4. The summed E-state index contributed by atoms with van der Waals surface area (Å²) in [4.78, 5) is 23.9. The minimum Gasteiger partial charge on any atom is -0.479 e. The molecule has 0 aliphatic carbocycles. The Hall–Kier alpha value is -2.98. The van der Waals surface area contributed by atoms with Gasteiger partial charge in [0.25, 0.3) is 0 Å². The summed E-state index contributed by atoms with van der Waals surface area (Å²) in [6.07, 6.45) is -8.65. The van der Waals surface area contributed by atoms with Crippen molar-refractivity contribution >= 4 is 27.9 Å². The predicted molar refractivity (Wildman–Crippen MR) is 94.9 cm³/mol. The zero-order valence-electron chi connectivity index (χ0n) is 14.3. The zero-order chi connectivity index (χ0) is 20.0. The predicted octanol–water partition coefficient (Wildman–Crippen LogP) is 0.217. The van der Waals surface area contributed by atoms with Gasteiger partial charge in [-0.05, 0) is 30.3 Å². The van der Waals surface area contributed by atoms with Crippen LogP contribution in [0.2, 0.25) is 0 Å². The van der Waals surface area contributed by atoms with E-state index < -0.39 is 36.7 Å². The molecule has 1 aliphatic heterocycles. The number of carboxylic acid groups (broad SMARTS) is 1. The average Bonchev–Trinajstić information content (AvgIpc) is 2.69. The molecule has 1 saturated heterocycles. The molecule has 1 fully saturated rings. The number of rotatable bonds is 3. The van der Waals surface area contributed by atoms with E-state index in [9.17, 15) is 24.9 Å². The summed E-state index contributed by atoms with van der Waals surface area (Å²) in [5.74, 6) is -1.43. The molecule has 0 amide bonds. The summed E-state index contributed by atoms with van der Waals surface area (Å²) in [5, 5.41) is 39.3. The standard InChI is InChI=1S/C19H16O9/c20-13-9-3-1-2-4-11(9)27-12-6-5-8(7-10(12)13)26-19-16(23)14(21)15(22)17(28-19)18(24)25/h1-7,14-17,19,21-23H,(H,24,25)/t14-,15+,16+,17-,19+/m1/s1. The summed E-state index contributed by atoms with van der Waals surface area (Å²) in [6.45, 7) is 0. The number of hydrogen-bond donors (Lipinski definition) is 4. The maximum Gasteiger partial charge on any atom is 0.335 e. The summed E-state index contributed by atoms with van der Waals surface area (Å²) in [5.41, 5.74) is 0.465. The van der Waals surface area contributed by atoms with E-state index in [0.717, 1.165) is 0 Å². The van der Waals surface area contributed by atoms with Gasteiger partial charge in [-0.3, -0.25) is 4.79 Å². The first-order valence-corrected chi connectivity index (χ1v) is 8.41. The van der Waals surface area contributed by atoms with Gasteiger partial charge in [-0.2, -0.15) is 0 Å². The van der Waals surface area contributed by atoms with Crippen LogP contribution in [-0.2, 0) is 9.53 Å². The Labute approximate surface area is 157 Å². The molecule has 2 heterocycles. The number of para-hydroxylation sites is 1. The number of ether oxygens (including phenoxy) is 2. The van der Waals surface area contributed by atoms with Crippen molar-refractivity contribution in [3.8, 4) is 5.75 Å². The lowest BCUT2D eigenvalue weighted by atomic mass is 9.99. The van der Waals surface area contributed by atoms with Crippen LogP contribution in [0, 0.1) is 0 Å². The Kier molecular flexibility index (Phi) is 4.52. The first-order valence-electron chi connectivity index (χ1n) is 8.41. The molecule has 9 nitrogen and oxygen atoms in total. The highest BCUT2D eigenvalue weighted by Crippen LogP contribution is 2.27. The molecule has 146 valence electrons. The zero-order valence-corrected chi connectivity index (χ0v) is 14.3. The Balaban J connectivity index is 1.69. The Bertz CT molecular complexity index is 1110. The highest BCUT2D eigenvalue weighted by atomic mass is 16.7. The molecule has 3 aromatic rings. The second kappa shape index (κ2) is 6.88. The van der Waals surface area contributed by atoms with E-state index in [-0.39, 0.29) is 16.6 Å². The van der Waals surface area contributed by atoms with Crippen LogP contribution in [0.25, 0.3) is 21.9 Å². The van der Waals surface area contributed by atoms with E-state index >= 15 is 0 Å². The highest BCUT2D eigenvalue weighted by Gasteiger charge is 2.48. The maximum absolute atomic E-state index is 12.7. The molecule has 1 aliphatic rings. The van der Waals surface area contributed by atoms with E-state index in [2.05, 4.69) is 0 Å². The third-order valence-electron chi connectivity index (χ3n) is 4.61. The molecule has 4 rings (SSSR count). The van der Waals surface area contributed by atoms with Gasteiger partial charge < -0.3 is 34.3 Å². The molecule has 2 aromatic carbocycles. The molecule has 0 spiro atoms. The molecule has 28 heavy (non-hydrogen) atoms. The van der Waals surface area contributed by atoms with E-state index in [1.807, 2.05) is 0 Å². The van der Waals surface area contributed by atoms with E-state index in [4.69, 9.17) is 19.0 Å². The fourth-order valence-electron chi connectivity index (χ4n) is 3.14. The average molecular weight is 388 g/mol. The van der Waals surface area contributed by atoms with E-state index in [0.29, 0.717) is 16.6 Å². The van der Waals surface area contributed by atoms with Crippen molar-refractivity contribution in [2.75, 3.05) is 0 Å². The number of aliphatic carboxylic acids is 1. The number of aliphatic hydroxyl groups is 3. The van der Waals surface area contributed by atoms with Crippen molar-refractivity contribution in [1.82, 2.24) is 0 Å². The molecule has 1 aromatic heterocycles. The van der Waals surface area contributed by atoms with Gasteiger partial charge in [-0.1, -0.05) is 12.1 Å². The van der Waals surface area contributed by atoms with Crippen LogP contribution in [0.1, 0.15) is 0 Å². The highest BCUT2D eigenvalue weighted by molar-refractivity contribution is 5.90. The summed E-state index contributed by atoms with van der Waals surface area (Å²) >= 11 is 0. The van der Waals surface area contributed by atoms with Gasteiger partial charge in [0.15, 0.2) is 6.10 Å². The quantitative estimate of drug-likeness (QED) is 0.463. The fraction of sp³-hybridized carbons (Fsp3) is 0.263. The topological polar surface area (TPSA) is 147 Å². The third kappa shape index (κ3) is 3.00. The molecule has 9 heteroatoms. The Morgan fingerprint density at radius 2 is 1.64 bits per heavy atom. The minimum absolute atomic E-state index is 0.0897. The summed E-state index contributed by atoms with van der Waals surface area (Å²) < 4.78 is 16.2. The summed E-state index contributed by atoms with van der Waals surface area (Å²) in [6, 6.07) is 11.1. The van der Waals surface area contributed by atoms with Crippen molar-refractivity contribution < 1.29 is 39.1 Å². The van der Waals surface area contributed by atoms with Crippen LogP contribution in [0.4, 0.5) is 0 Å². The van der Waals surface area contributed by atoms with E-state index in [1.54, 1.807) is 24.3 Å². The van der Waals surface area contributed by atoms with Gasteiger partial charge in [0, 0.05) is 0 Å². The molecule has 0 saturated carbocycles. The Morgan fingerprint density at radius 3 is 2.39 bits per heavy atom. The molecule has 0 bridgehead atoms. The van der Waals surface area contributed by atoms with Gasteiger partial charge >= 0.3 is 5.97 Å². The first kappa shape index (κ1) is 18.4. The van der Waals surface area contributed by atoms with Gasteiger partial charge in [0.05, 0.1) is 10.8 Å². The van der Waals surface area contributed by atoms with Crippen molar-refractivity contribution in [3.05, 3.63) is 52.7 Å². The lowest BCUT2D eigenvalue weighted by Crippen LogP contribution is -2.61. The molecule has 0 unspecified atom stereocenters. The minimum atomic E-state index is -1.82. The lowest BCUT2D eigenvalue weighted by Gasteiger charge is -2.38. The summed E-state index contributed by atoms with van der Waals surface area (Å²) in [7, 11) is 0. The maximum atomic E-state index is 12.7. The van der Waals surface area contributed by atoms with Gasteiger partial charge in [-0.15, -0.1) is 0 Å². The number of carbonyl (C=O) groups is 1. The van der Waals surface area contributed by atoms with Gasteiger partial charge in [-0.25, -0.2) is 4.79 Å². The second-order valence-electron chi connectivity index (χ2n) is 6.44. The smallest absolute Gasteiger partial charge is 0.335 e. The van der Waals surface area contributed by atoms with Gasteiger partial charge in [0.2, 0.25) is 11.7 Å². The largest absolute Gasteiger partial charge is 0.479 e. The SMILES string of the molecule is O=C(O)[C@@H]1O[C@H](Oc2ccc3oc4ccccc4c(=O)c3c2)[C@@H](O)[C@H](O)[C@@H]1O. The third-order valence-corrected chi connectivity index (χ3v) is 4.61. The molecular formula is C19H16O9. The molecule has 4 N–H and O–H groups in total. The second-order valence-corrected chi connectivity index (χ2v) is 6.44. The van der Waals surface area contributed by atoms with Crippen LogP contribution < -0.4 is 10.2 Å². The normalized spacial score (nSPS) is 27.8.